The first-order chi connectivity index (χ1) is 8.75. The normalized spacial score (nSPS) is 22.9. The average molecular weight is 291 g/mol. The average Bonchev–Trinajstić information content (AvgIpc) is 2.65. The maximum atomic E-state index is 12.1. The number of aliphatic carboxylic acids is 1. The van der Waals surface area contributed by atoms with Gasteiger partial charge in [-0.2, -0.15) is 0 Å². The van der Waals surface area contributed by atoms with E-state index in [1.807, 2.05) is 13.8 Å². The molecule has 1 aliphatic rings. The summed E-state index contributed by atoms with van der Waals surface area (Å²) in [6.07, 6.45) is 1.43. The van der Waals surface area contributed by atoms with Crippen molar-refractivity contribution in [3.05, 3.63) is 0 Å². The van der Waals surface area contributed by atoms with Gasteiger partial charge in [0.05, 0.1) is 11.5 Å². The number of carbonyl (C=O) groups excluding carboxylic acids is 1. The van der Waals surface area contributed by atoms with Crippen molar-refractivity contribution in [2.45, 2.75) is 39.2 Å². The summed E-state index contributed by atoms with van der Waals surface area (Å²) in [6.45, 7) is 3.46. The summed E-state index contributed by atoms with van der Waals surface area (Å²) in [4.78, 5) is 24.2. The SMILES string of the molecule is CCC(C)CC(=O)N(CC(=O)O)C1CCS(=O)(=O)C1. The van der Waals surface area contributed by atoms with Crippen LogP contribution in [0.5, 0.6) is 0 Å². The molecule has 1 N–H and O–H groups in total. The number of hydrogen-bond acceptors (Lipinski definition) is 4. The smallest absolute Gasteiger partial charge is 0.323 e. The third-order valence-corrected chi connectivity index (χ3v) is 5.25. The predicted molar refractivity (Wildman–Crippen MR) is 70.5 cm³/mol. The van der Waals surface area contributed by atoms with Gasteiger partial charge in [-0.15, -0.1) is 0 Å². The number of carbonyl (C=O) groups is 2. The fraction of sp³-hybridized carbons (Fsp3) is 0.833. The Hall–Kier alpha value is -1.11. The number of rotatable bonds is 6. The van der Waals surface area contributed by atoms with Crippen molar-refractivity contribution in [2.75, 3.05) is 18.1 Å². The summed E-state index contributed by atoms with van der Waals surface area (Å²) in [6, 6.07) is -0.488. The van der Waals surface area contributed by atoms with Crippen LogP contribution in [0.3, 0.4) is 0 Å². The number of amides is 1. The third-order valence-electron chi connectivity index (χ3n) is 3.50. The molecule has 0 aromatic carbocycles. The van der Waals surface area contributed by atoms with E-state index in [2.05, 4.69) is 0 Å². The summed E-state index contributed by atoms with van der Waals surface area (Å²) >= 11 is 0. The van der Waals surface area contributed by atoms with Gasteiger partial charge in [0.15, 0.2) is 9.84 Å². The van der Waals surface area contributed by atoms with Crippen LogP contribution in [-0.2, 0) is 19.4 Å². The zero-order valence-corrected chi connectivity index (χ0v) is 12.1. The summed E-state index contributed by atoms with van der Waals surface area (Å²) in [5, 5.41) is 8.87. The van der Waals surface area contributed by atoms with E-state index in [1.54, 1.807) is 0 Å². The zero-order chi connectivity index (χ0) is 14.6. The largest absolute Gasteiger partial charge is 0.480 e. The van der Waals surface area contributed by atoms with E-state index in [-0.39, 0.29) is 29.8 Å². The second-order valence-corrected chi connectivity index (χ2v) is 7.42. The molecule has 1 aliphatic heterocycles. The fourth-order valence-electron chi connectivity index (χ4n) is 2.15. The predicted octanol–water partition coefficient (Wildman–Crippen LogP) is 0.523. The first-order valence-electron chi connectivity index (χ1n) is 6.47. The van der Waals surface area contributed by atoms with Gasteiger partial charge in [0.1, 0.15) is 6.54 Å². The first-order valence-corrected chi connectivity index (χ1v) is 8.29. The molecule has 0 aromatic rings. The van der Waals surface area contributed by atoms with Crippen molar-refractivity contribution in [2.24, 2.45) is 5.92 Å². The molecule has 2 unspecified atom stereocenters. The van der Waals surface area contributed by atoms with E-state index in [0.29, 0.717) is 6.42 Å². The molecule has 0 aromatic heterocycles. The molecule has 1 fully saturated rings. The van der Waals surface area contributed by atoms with Crippen molar-refractivity contribution < 1.29 is 23.1 Å². The number of carboxylic acid groups (broad SMARTS) is 1. The molecule has 0 saturated carbocycles. The number of carboxylic acids is 1. The Morgan fingerprint density at radius 1 is 1.42 bits per heavy atom. The monoisotopic (exact) mass is 291 g/mol. The van der Waals surface area contributed by atoms with Crippen LogP contribution in [-0.4, -0.2) is 54.4 Å². The molecule has 0 spiro atoms. The van der Waals surface area contributed by atoms with Crippen LogP contribution in [0.25, 0.3) is 0 Å². The first kappa shape index (κ1) is 15.9. The summed E-state index contributed by atoms with van der Waals surface area (Å²) in [5.74, 6) is -1.29. The minimum Gasteiger partial charge on any atom is -0.480 e. The highest BCUT2D eigenvalue weighted by molar-refractivity contribution is 7.91. The highest BCUT2D eigenvalue weighted by Gasteiger charge is 2.35. The Morgan fingerprint density at radius 3 is 2.47 bits per heavy atom. The lowest BCUT2D eigenvalue weighted by Gasteiger charge is -2.27. The van der Waals surface area contributed by atoms with E-state index < -0.39 is 28.4 Å². The van der Waals surface area contributed by atoms with Crippen LogP contribution in [0, 0.1) is 5.92 Å². The second-order valence-electron chi connectivity index (χ2n) is 5.19. The van der Waals surface area contributed by atoms with Gasteiger partial charge in [-0.1, -0.05) is 20.3 Å². The molecule has 1 amide bonds. The van der Waals surface area contributed by atoms with Crippen LogP contribution in [0.2, 0.25) is 0 Å². The van der Waals surface area contributed by atoms with E-state index in [4.69, 9.17) is 5.11 Å². The molecular weight excluding hydrogens is 270 g/mol. The molecule has 0 bridgehead atoms. The quantitative estimate of drug-likeness (QED) is 0.770. The molecule has 1 rings (SSSR count). The van der Waals surface area contributed by atoms with Gasteiger partial charge < -0.3 is 10.0 Å². The molecule has 1 saturated heterocycles. The van der Waals surface area contributed by atoms with Crippen LogP contribution in [0.4, 0.5) is 0 Å². The van der Waals surface area contributed by atoms with Gasteiger partial charge >= 0.3 is 5.97 Å². The summed E-state index contributed by atoms with van der Waals surface area (Å²) in [7, 11) is -3.13. The highest BCUT2D eigenvalue weighted by atomic mass is 32.2. The van der Waals surface area contributed by atoms with Crippen molar-refractivity contribution >= 4 is 21.7 Å². The highest BCUT2D eigenvalue weighted by Crippen LogP contribution is 2.20. The van der Waals surface area contributed by atoms with Gasteiger partial charge in [-0.05, 0) is 12.3 Å². The molecular formula is C12H21NO5S. The van der Waals surface area contributed by atoms with Crippen molar-refractivity contribution in [3.63, 3.8) is 0 Å². The Morgan fingerprint density at radius 2 is 2.05 bits per heavy atom. The lowest BCUT2D eigenvalue weighted by Crippen LogP contribution is -2.44. The minimum atomic E-state index is -3.13. The van der Waals surface area contributed by atoms with Crippen molar-refractivity contribution in [1.82, 2.24) is 4.90 Å². The molecule has 0 aliphatic carbocycles. The molecule has 2 atom stereocenters. The second kappa shape index (κ2) is 6.36. The standard InChI is InChI=1S/C12H21NO5S/c1-3-9(2)6-11(14)13(7-12(15)16)10-4-5-19(17,18)8-10/h9-10H,3-8H2,1-2H3,(H,15,16). The Balaban J connectivity index is 2.77. The summed E-state index contributed by atoms with van der Waals surface area (Å²) in [5.41, 5.74) is 0. The van der Waals surface area contributed by atoms with Crippen LogP contribution in [0.15, 0.2) is 0 Å². The van der Waals surface area contributed by atoms with Crippen LogP contribution < -0.4 is 0 Å². The number of hydrogen-bond donors (Lipinski definition) is 1. The minimum absolute atomic E-state index is 0.0321. The topological polar surface area (TPSA) is 91.8 Å². The Bertz CT molecular complexity index is 445. The van der Waals surface area contributed by atoms with Gasteiger partial charge in [0.2, 0.25) is 5.91 Å². The lowest BCUT2D eigenvalue weighted by atomic mass is 10.0. The summed E-state index contributed by atoms with van der Waals surface area (Å²) < 4.78 is 22.9. The molecule has 7 heteroatoms. The van der Waals surface area contributed by atoms with E-state index >= 15 is 0 Å². The fourth-order valence-corrected chi connectivity index (χ4v) is 3.88. The van der Waals surface area contributed by atoms with Crippen LogP contribution in [0.1, 0.15) is 33.1 Å². The number of sulfone groups is 1. The molecule has 6 nitrogen and oxygen atoms in total. The molecule has 0 radical (unpaired) electrons. The third kappa shape index (κ3) is 4.81. The van der Waals surface area contributed by atoms with Gasteiger partial charge in [0.25, 0.3) is 0 Å². The maximum absolute atomic E-state index is 12.1. The molecule has 19 heavy (non-hydrogen) atoms. The van der Waals surface area contributed by atoms with E-state index in [0.717, 1.165) is 6.42 Å². The van der Waals surface area contributed by atoms with E-state index in [1.165, 1.54) is 4.90 Å². The zero-order valence-electron chi connectivity index (χ0n) is 11.3. The van der Waals surface area contributed by atoms with Gasteiger partial charge in [-0.3, -0.25) is 9.59 Å². The molecule has 110 valence electrons. The van der Waals surface area contributed by atoms with E-state index in [9.17, 15) is 18.0 Å². The van der Waals surface area contributed by atoms with Gasteiger partial charge in [0, 0.05) is 12.5 Å². The van der Waals surface area contributed by atoms with Crippen molar-refractivity contribution in [1.29, 1.82) is 0 Å². The Kier molecular flexibility index (Phi) is 5.34. The Labute approximate surface area is 113 Å². The maximum Gasteiger partial charge on any atom is 0.323 e. The number of nitrogens with zero attached hydrogens (tertiary/aromatic N) is 1. The van der Waals surface area contributed by atoms with Gasteiger partial charge in [-0.25, -0.2) is 8.42 Å². The molecule has 1 heterocycles. The van der Waals surface area contributed by atoms with Crippen LogP contribution >= 0.6 is 0 Å². The lowest BCUT2D eigenvalue weighted by molar-refractivity contribution is -0.146. The van der Waals surface area contributed by atoms with Crippen molar-refractivity contribution in [3.8, 4) is 0 Å².